The summed E-state index contributed by atoms with van der Waals surface area (Å²) in [4.78, 5) is 18.4. The largest absolute Gasteiger partial charge is 0.401 e. The van der Waals surface area contributed by atoms with Crippen molar-refractivity contribution in [3.63, 3.8) is 0 Å². The van der Waals surface area contributed by atoms with Gasteiger partial charge in [-0.2, -0.15) is 18.3 Å². The van der Waals surface area contributed by atoms with Crippen molar-refractivity contribution >= 4 is 17.8 Å². The number of amides is 1. The molecule has 30 heavy (non-hydrogen) atoms. The van der Waals surface area contributed by atoms with Crippen molar-refractivity contribution in [3.8, 4) is 0 Å². The Kier molecular flexibility index (Phi) is 5.54. The Balaban J connectivity index is 1.36. The summed E-state index contributed by atoms with van der Waals surface area (Å²) in [6.07, 6.45) is 6.93. The van der Waals surface area contributed by atoms with Gasteiger partial charge >= 0.3 is 6.18 Å². The molecule has 1 aliphatic heterocycles. The second-order valence-corrected chi connectivity index (χ2v) is 7.86. The highest BCUT2D eigenvalue weighted by atomic mass is 19.4. The van der Waals surface area contributed by atoms with Crippen LogP contribution in [0.2, 0.25) is 0 Å². The monoisotopic (exact) mass is 423 g/mol. The number of fused-ring (bicyclic) bond motifs is 1. The predicted octanol–water partition coefficient (Wildman–Crippen LogP) is 2.13. The molecule has 1 unspecified atom stereocenters. The molecule has 3 heterocycles. The molecule has 4 rings (SSSR count). The smallest absolute Gasteiger partial charge is 0.355 e. The molecule has 1 amide bonds. The van der Waals surface area contributed by atoms with E-state index in [0.29, 0.717) is 37.2 Å². The molecule has 8 nitrogen and oxygen atoms in total. The summed E-state index contributed by atoms with van der Waals surface area (Å²) in [5.41, 5.74) is 1.49. The molecule has 1 fully saturated rings. The average molecular weight is 423 g/mol. The Morgan fingerprint density at radius 1 is 1.33 bits per heavy atom. The summed E-state index contributed by atoms with van der Waals surface area (Å²) in [5.74, 6) is 0.511. The molecule has 162 valence electrons. The summed E-state index contributed by atoms with van der Waals surface area (Å²) in [5, 5.41) is 13.2. The van der Waals surface area contributed by atoms with Gasteiger partial charge in [-0.3, -0.25) is 19.4 Å². The van der Waals surface area contributed by atoms with Crippen molar-refractivity contribution in [2.45, 2.75) is 50.0 Å². The number of imidazole rings is 1. The zero-order chi connectivity index (χ0) is 21.3. The first-order valence-corrected chi connectivity index (χ1v) is 9.87. The Hall–Kier alpha value is -2.82. The number of carbonyl (C=O) groups excluding carboxylic acids is 1. The summed E-state index contributed by atoms with van der Waals surface area (Å²) in [6, 6.07) is -0.832. The first-order chi connectivity index (χ1) is 14.3. The molecule has 0 bridgehead atoms. The van der Waals surface area contributed by atoms with Crippen LogP contribution in [0.4, 0.5) is 13.2 Å². The van der Waals surface area contributed by atoms with Crippen molar-refractivity contribution in [3.05, 3.63) is 36.2 Å². The van der Waals surface area contributed by atoms with Crippen LogP contribution in [0.1, 0.15) is 43.0 Å². The number of alkyl halides is 3. The molecule has 2 aromatic heterocycles. The maximum atomic E-state index is 13.0. The third-order valence-electron chi connectivity index (χ3n) is 5.71. The highest BCUT2D eigenvalue weighted by Crippen LogP contribution is 2.28. The Labute approximate surface area is 171 Å². The molecule has 1 aliphatic carbocycles. The number of aromatic amines is 1. The van der Waals surface area contributed by atoms with Gasteiger partial charge in [-0.1, -0.05) is 0 Å². The van der Waals surface area contributed by atoms with Crippen molar-refractivity contribution < 1.29 is 18.0 Å². The van der Waals surface area contributed by atoms with Crippen LogP contribution in [0, 0.1) is 0 Å². The molecule has 0 aromatic carbocycles. The molecule has 1 atom stereocenters. The fourth-order valence-corrected chi connectivity index (χ4v) is 4.17. The molecule has 2 aromatic rings. The minimum absolute atomic E-state index is 0.0659. The summed E-state index contributed by atoms with van der Waals surface area (Å²) in [6.45, 7) is -0.910. The Morgan fingerprint density at radius 2 is 2.10 bits per heavy atom. The first-order valence-electron chi connectivity index (χ1n) is 9.87. The van der Waals surface area contributed by atoms with Gasteiger partial charge in [0.2, 0.25) is 5.91 Å². The molecule has 0 radical (unpaired) electrons. The zero-order valence-electron chi connectivity index (χ0n) is 16.5. The summed E-state index contributed by atoms with van der Waals surface area (Å²) in [7, 11) is 1.51. The van der Waals surface area contributed by atoms with E-state index >= 15 is 0 Å². The number of aromatic nitrogens is 4. The van der Waals surface area contributed by atoms with Gasteiger partial charge in [0.25, 0.3) is 0 Å². The fourth-order valence-electron chi connectivity index (χ4n) is 4.17. The molecule has 1 saturated carbocycles. The molecule has 11 heteroatoms. The quantitative estimate of drug-likeness (QED) is 0.686. The number of hydrogen-bond acceptors (Lipinski definition) is 5. The number of H-pyrrole nitrogens is 1. The summed E-state index contributed by atoms with van der Waals surface area (Å²) < 4.78 is 39.6. The van der Waals surface area contributed by atoms with Gasteiger partial charge in [0.1, 0.15) is 18.2 Å². The summed E-state index contributed by atoms with van der Waals surface area (Å²) >= 11 is 0. The number of nitrogens with one attached hydrogen (secondary N) is 3. The molecule has 0 saturated heterocycles. The number of halogens is 3. The van der Waals surface area contributed by atoms with E-state index in [0.717, 1.165) is 5.56 Å². The number of hydrogen-bond donors (Lipinski definition) is 3. The lowest BCUT2D eigenvalue weighted by Crippen LogP contribution is -2.48. The van der Waals surface area contributed by atoms with Crippen LogP contribution in [0.5, 0.6) is 0 Å². The maximum absolute atomic E-state index is 13.0. The van der Waals surface area contributed by atoms with Crippen molar-refractivity contribution in [2.24, 2.45) is 0 Å². The van der Waals surface area contributed by atoms with Gasteiger partial charge < -0.3 is 10.6 Å². The molecular formula is C19H24F3N7O. The van der Waals surface area contributed by atoms with Gasteiger partial charge in [0.05, 0.1) is 18.4 Å². The predicted molar refractivity (Wildman–Crippen MR) is 104 cm³/mol. The van der Waals surface area contributed by atoms with E-state index in [1.807, 2.05) is 6.08 Å². The molecule has 2 aliphatic rings. The van der Waals surface area contributed by atoms with Crippen LogP contribution < -0.4 is 10.6 Å². The lowest BCUT2D eigenvalue weighted by molar-refractivity contribution is -0.148. The van der Waals surface area contributed by atoms with E-state index in [1.54, 1.807) is 29.5 Å². The minimum Gasteiger partial charge on any atom is -0.355 e. The zero-order valence-corrected chi connectivity index (χ0v) is 16.5. The number of rotatable bonds is 5. The average Bonchev–Trinajstić information content (AvgIpc) is 3.38. The lowest BCUT2D eigenvalue weighted by Gasteiger charge is -2.36. The van der Waals surface area contributed by atoms with Crippen molar-refractivity contribution in [1.29, 1.82) is 0 Å². The second kappa shape index (κ2) is 8.13. The van der Waals surface area contributed by atoms with E-state index in [4.69, 9.17) is 0 Å². The van der Waals surface area contributed by atoms with Gasteiger partial charge in [-0.05, 0) is 38.8 Å². The fraction of sp³-hybridized carbons (Fsp3) is 0.526. The number of carbonyl (C=O) groups is 1. The maximum Gasteiger partial charge on any atom is 0.401 e. The van der Waals surface area contributed by atoms with Crippen LogP contribution in [-0.2, 0) is 4.79 Å². The van der Waals surface area contributed by atoms with Crippen molar-refractivity contribution in [2.75, 3.05) is 13.6 Å². The first kappa shape index (κ1) is 20.5. The van der Waals surface area contributed by atoms with Crippen LogP contribution in [-0.4, -0.2) is 62.4 Å². The van der Waals surface area contributed by atoms with E-state index in [9.17, 15) is 18.0 Å². The van der Waals surface area contributed by atoms with Gasteiger partial charge in [-0.15, -0.1) is 0 Å². The van der Waals surface area contributed by atoms with E-state index in [1.165, 1.54) is 11.9 Å². The Bertz CT molecular complexity index is 898. The Morgan fingerprint density at radius 3 is 2.77 bits per heavy atom. The third kappa shape index (κ3) is 4.50. The molecular weight excluding hydrogens is 399 g/mol. The number of nitrogens with zero attached hydrogens (tertiary/aromatic N) is 4. The lowest BCUT2D eigenvalue weighted by atomic mass is 9.90. The van der Waals surface area contributed by atoms with E-state index in [-0.39, 0.29) is 18.0 Å². The normalized spacial score (nSPS) is 24.2. The minimum atomic E-state index is -4.20. The SMILES string of the molecule is CN(CC(F)(F)F)C1CCC(NC(=O)C2NC(n3ccnc3)=Cc3cn[nH]c32)CC1. The van der Waals surface area contributed by atoms with Crippen molar-refractivity contribution in [1.82, 2.24) is 35.3 Å². The highest BCUT2D eigenvalue weighted by Gasteiger charge is 2.35. The third-order valence-corrected chi connectivity index (χ3v) is 5.71. The van der Waals surface area contributed by atoms with Gasteiger partial charge in [0, 0.05) is 30.0 Å². The van der Waals surface area contributed by atoms with E-state index < -0.39 is 18.8 Å². The highest BCUT2D eigenvalue weighted by molar-refractivity contribution is 5.89. The van der Waals surface area contributed by atoms with E-state index in [2.05, 4.69) is 25.8 Å². The van der Waals surface area contributed by atoms with Crippen LogP contribution in [0.15, 0.2) is 24.9 Å². The topological polar surface area (TPSA) is 90.9 Å². The van der Waals surface area contributed by atoms with Crippen LogP contribution in [0.25, 0.3) is 11.9 Å². The van der Waals surface area contributed by atoms with Gasteiger partial charge in [-0.25, -0.2) is 4.98 Å². The molecule has 0 spiro atoms. The van der Waals surface area contributed by atoms with Gasteiger partial charge in [0.15, 0.2) is 0 Å². The van der Waals surface area contributed by atoms with Crippen LogP contribution >= 0.6 is 0 Å². The standard InChI is InChI=1S/C19H24F3N7O/c1-28(10-19(20,21)22)14-4-2-13(3-5-14)25-18(30)17-16-12(9-24-27-16)8-15(26-17)29-7-6-23-11-29/h6-9,11,13-14,17,26H,2-5,10H2,1H3,(H,24,27)(H,25,30). The second-order valence-electron chi connectivity index (χ2n) is 7.86. The van der Waals surface area contributed by atoms with Crippen LogP contribution in [0.3, 0.4) is 0 Å². The molecule has 3 N–H and O–H groups in total.